The lowest BCUT2D eigenvalue weighted by atomic mass is 10.1. The first-order valence-corrected chi connectivity index (χ1v) is 7.94. The fourth-order valence-corrected chi connectivity index (χ4v) is 3.15. The molecule has 1 aromatic heterocycles. The smallest absolute Gasteiger partial charge is 0.0645 e. The number of piperazine rings is 1. The quantitative estimate of drug-likeness (QED) is 0.939. The van der Waals surface area contributed by atoms with Crippen LogP contribution in [0.4, 0.5) is 5.69 Å². The van der Waals surface area contributed by atoms with Gasteiger partial charge in [-0.25, -0.2) is 0 Å². The van der Waals surface area contributed by atoms with Crippen molar-refractivity contribution < 1.29 is 0 Å². The van der Waals surface area contributed by atoms with Crippen molar-refractivity contribution in [2.45, 2.75) is 13.0 Å². The number of pyridine rings is 1. The Balaban J connectivity index is 1.66. The van der Waals surface area contributed by atoms with Crippen LogP contribution in [0.5, 0.6) is 0 Å². The van der Waals surface area contributed by atoms with Gasteiger partial charge in [0.15, 0.2) is 0 Å². The second-order valence-corrected chi connectivity index (χ2v) is 5.87. The molecule has 0 bridgehead atoms. The van der Waals surface area contributed by atoms with Gasteiger partial charge in [0.25, 0.3) is 0 Å². The first-order valence-electron chi connectivity index (χ1n) is 7.94. The molecule has 2 aromatic rings. The van der Waals surface area contributed by atoms with Crippen molar-refractivity contribution >= 4 is 5.69 Å². The van der Waals surface area contributed by atoms with Crippen LogP contribution in [-0.4, -0.2) is 42.6 Å². The van der Waals surface area contributed by atoms with Crippen LogP contribution in [0.15, 0.2) is 48.7 Å². The number of nitrogens with zero attached hydrogens (tertiary/aromatic N) is 3. The zero-order valence-electron chi connectivity index (χ0n) is 13.2. The molecule has 0 saturated carbocycles. The van der Waals surface area contributed by atoms with Crippen LogP contribution in [0.2, 0.25) is 0 Å². The highest BCUT2D eigenvalue weighted by Crippen LogP contribution is 2.22. The van der Waals surface area contributed by atoms with E-state index < -0.39 is 0 Å². The molecule has 4 heteroatoms. The minimum absolute atomic E-state index is 0.223. The first-order chi connectivity index (χ1) is 10.8. The SMILES string of the molecule is Cc1cccc(N2CCN(C(CN)c3ccccn3)CC2)c1. The number of hydrogen-bond donors (Lipinski definition) is 1. The van der Waals surface area contributed by atoms with Crippen molar-refractivity contribution in [1.82, 2.24) is 9.88 Å². The molecule has 1 fully saturated rings. The average Bonchev–Trinajstić information content (AvgIpc) is 2.57. The number of aromatic nitrogens is 1. The molecule has 0 spiro atoms. The summed E-state index contributed by atoms with van der Waals surface area (Å²) >= 11 is 0. The number of nitrogens with two attached hydrogens (primary N) is 1. The van der Waals surface area contributed by atoms with Gasteiger partial charge in [-0.1, -0.05) is 18.2 Å². The van der Waals surface area contributed by atoms with Crippen LogP contribution in [0.1, 0.15) is 17.3 Å². The summed E-state index contributed by atoms with van der Waals surface area (Å²) in [6.45, 7) is 6.87. The standard InChI is InChI=1S/C18H24N4/c1-15-5-4-6-16(13-15)21-9-11-22(12-10-21)18(14-19)17-7-2-3-8-20-17/h2-8,13,18H,9-12,14,19H2,1H3. The number of anilines is 1. The van der Waals surface area contributed by atoms with Gasteiger partial charge in [0, 0.05) is 44.6 Å². The number of rotatable bonds is 4. The van der Waals surface area contributed by atoms with Crippen LogP contribution < -0.4 is 10.6 Å². The Labute approximate surface area is 132 Å². The van der Waals surface area contributed by atoms with Gasteiger partial charge in [0.1, 0.15) is 0 Å². The van der Waals surface area contributed by atoms with Crippen molar-refractivity contribution in [3.05, 3.63) is 59.9 Å². The van der Waals surface area contributed by atoms with Gasteiger partial charge >= 0.3 is 0 Å². The van der Waals surface area contributed by atoms with Gasteiger partial charge in [0.2, 0.25) is 0 Å². The maximum Gasteiger partial charge on any atom is 0.0645 e. The van der Waals surface area contributed by atoms with E-state index in [0.29, 0.717) is 6.54 Å². The normalized spacial score (nSPS) is 17.5. The maximum atomic E-state index is 6.01. The predicted molar refractivity (Wildman–Crippen MR) is 91.0 cm³/mol. The third-order valence-electron chi connectivity index (χ3n) is 4.37. The number of hydrogen-bond acceptors (Lipinski definition) is 4. The first kappa shape index (κ1) is 15.0. The van der Waals surface area contributed by atoms with Crippen molar-refractivity contribution in [3.63, 3.8) is 0 Å². The number of aryl methyl sites for hydroxylation is 1. The summed E-state index contributed by atoms with van der Waals surface area (Å²) in [6.07, 6.45) is 1.85. The van der Waals surface area contributed by atoms with E-state index >= 15 is 0 Å². The summed E-state index contributed by atoms with van der Waals surface area (Å²) in [7, 11) is 0. The molecule has 1 saturated heterocycles. The Hall–Kier alpha value is -1.91. The highest BCUT2D eigenvalue weighted by molar-refractivity contribution is 5.48. The molecule has 4 nitrogen and oxygen atoms in total. The minimum atomic E-state index is 0.223. The van der Waals surface area contributed by atoms with E-state index in [9.17, 15) is 0 Å². The largest absolute Gasteiger partial charge is 0.369 e. The second-order valence-electron chi connectivity index (χ2n) is 5.87. The minimum Gasteiger partial charge on any atom is -0.369 e. The van der Waals surface area contributed by atoms with Crippen molar-refractivity contribution in [2.24, 2.45) is 5.73 Å². The fraction of sp³-hybridized carbons (Fsp3) is 0.389. The van der Waals surface area contributed by atoms with Crippen molar-refractivity contribution in [3.8, 4) is 0 Å². The zero-order valence-corrected chi connectivity index (χ0v) is 13.2. The molecule has 2 heterocycles. The fourth-order valence-electron chi connectivity index (χ4n) is 3.15. The molecule has 0 radical (unpaired) electrons. The molecule has 116 valence electrons. The highest BCUT2D eigenvalue weighted by atomic mass is 15.3. The van der Waals surface area contributed by atoms with E-state index in [-0.39, 0.29) is 6.04 Å². The Morgan fingerprint density at radius 3 is 2.55 bits per heavy atom. The topological polar surface area (TPSA) is 45.4 Å². The van der Waals surface area contributed by atoms with E-state index in [2.05, 4.69) is 52.0 Å². The van der Waals surface area contributed by atoms with Crippen LogP contribution in [0.3, 0.4) is 0 Å². The Kier molecular flexibility index (Phi) is 4.71. The third kappa shape index (κ3) is 3.29. The van der Waals surface area contributed by atoms with Gasteiger partial charge in [-0.05, 0) is 36.8 Å². The van der Waals surface area contributed by atoms with Gasteiger partial charge in [-0.15, -0.1) is 0 Å². The van der Waals surface area contributed by atoms with E-state index in [1.165, 1.54) is 11.3 Å². The van der Waals surface area contributed by atoms with E-state index in [0.717, 1.165) is 31.9 Å². The molecule has 1 unspecified atom stereocenters. The van der Waals surface area contributed by atoms with Gasteiger partial charge < -0.3 is 10.6 Å². The summed E-state index contributed by atoms with van der Waals surface area (Å²) in [5.74, 6) is 0. The average molecular weight is 296 g/mol. The molecule has 1 atom stereocenters. The lowest BCUT2D eigenvalue weighted by Gasteiger charge is -2.39. The molecule has 22 heavy (non-hydrogen) atoms. The van der Waals surface area contributed by atoms with Gasteiger partial charge in [-0.3, -0.25) is 9.88 Å². The third-order valence-corrected chi connectivity index (χ3v) is 4.37. The molecule has 1 aliphatic heterocycles. The van der Waals surface area contributed by atoms with Crippen LogP contribution in [0.25, 0.3) is 0 Å². The highest BCUT2D eigenvalue weighted by Gasteiger charge is 2.24. The Bertz CT molecular complexity index is 591. The van der Waals surface area contributed by atoms with Crippen LogP contribution in [0, 0.1) is 6.92 Å². The summed E-state index contributed by atoms with van der Waals surface area (Å²) in [5.41, 5.74) is 9.72. The molecule has 3 rings (SSSR count). The summed E-state index contributed by atoms with van der Waals surface area (Å²) < 4.78 is 0. The molecule has 1 aromatic carbocycles. The molecule has 0 aliphatic carbocycles. The summed E-state index contributed by atoms with van der Waals surface area (Å²) in [4.78, 5) is 9.39. The predicted octanol–water partition coefficient (Wildman–Crippen LogP) is 2.21. The summed E-state index contributed by atoms with van der Waals surface area (Å²) in [6, 6.07) is 15.0. The lowest BCUT2D eigenvalue weighted by molar-refractivity contribution is 0.187. The van der Waals surface area contributed by atoms with Crippen molar-refractivity contribution in [1.29, 1.82) is 0 Å². The maximum absolute atomic E-state index is 6.01. The Morgan fingerprint density at radius 2 is 1.91 bits per heavy atom. The van der Waals surface area contributed by atoms with Gasteiger partial charge in [-0.2, -0.15) is 0 Å². The van der Waals surface area contributed by atoms with E-state index in [1.54, 1.807) is 0 Å². The van der Waals surface area contributed by atoms with Crippen LogP contribution in [-0.2, 0) is 0 Å². The lowest BCUT2D eigenvalue weighted by Crippen LogP contribution is -2.49. The second kappa shape index (κ2) is 6.90. The number of benzene rings is 1. The molecule has 0 amide bonds. The zero-order chi connectivity index (χ0) is 15.4. The molecular weight excluding hydrogens is 272 g/mol. The monoisotopic (exact) mass is 296 g/mol. The molecule has 2 N–H and O–H groups in total. The van der Waals surface area contributed by atoms with Crippen molar-refractivity contribution in [2.75, 3.05) is 37.6 Å². The van der Waals surface area contributed by atoms with E-state index in [1.807, 2.05) is 18.3 Å². The van der Waals surface area contributed by atoms with Gasteiger partial charge in [0.05, 0.1) is 11.7 Å². The summed E-state index contributed by atoms with van der Waals surface area (Å²) in [5, 5.41) is 0. The Morgan fingerprint density at radius 1 is 1.09 bits per heavy atom. The van der Waals surface area contributed by atoms with Crippen LogP contribution >= 0.6 is 0 Å². The van der Waals surface area contributed by atoms with E-state index in [4.69, 9.17) is 5.73 Å². The molecular formula is C18H24N4. The molecule has 1 aliphatic rings.